The Balaban J connectivity index is 1.28. The number of hydrazine groups is 1. The number of nitrogens with one attached hydrogen (secondary N) is 4. The molecule has 2 atom stereocenters. The molecule has 0 bridgehead atoms. The van der Waals surface area contributed by atoms with Gasteiger partial charge in [-0.3, -0.25) is 10.2 Å². The van der Waals surface area contributed by atoms with Crippen molar-refractivity contribution in [3.8, 4) is 0 Å². The van der Waals surface area contributed by atoms with E-state index < -0.39 is 10.0 Å². The molecular formula is C17H24N4O3S. The molecular weight excluding hydrogens is 340 g/mol. The predicted octanol–water partition coefficient (Wildman–Crippen LogP) is 0.389. The summed E-state index contributed by atoms with van der Waals surface area (Å²) in [6.07, 6.45) is 5.14. The Kier molecular flexibility index (Phi) is 4.53. The zero-order valence-corrected chi connectivity index (χ0v) is 14.8. The molecule has 7 nitrogen and oxygen atoms in total. The number of hydrogen-bond donors (Lipinski definition) is 4. The molecule has 1 saturated heterocycles. The van der Waals surface area contributed by atoms with Gasteiger partial charge in [-0.1, -0.05) is 12.1 Å². The standard InChI is InChI=1S/C17H24N4O3S/c22-17(16-9-15(19-20-16)12-3-4-12)18-10-11-1-7-14(8-2-11)25(23,24)21-13-5-6-13/h1-2,7-8,12-13,15-16,19-21H,3-6,9-10H2,(H,18,22). The van der Waals surface area contributed by atoms with E-state index in [1.807, 2.05) is 0 Å². The van der Waals surface area contributed by atoms with Crippen molar-refractivity contribution in [3.05, 3.63) is 29.8 Å². The highest BCUT2D eigenvalue weighted by Gasteiger charge is 2.38. The molecule has 1 amide bonds. The highest BCUT2D eigenvalue weighted by atomic mass is 32.2. The molecule has 1 heterocycles. The minimum Gasteiger partial charge on any atom is -0.351 e. The molecule has 0 aromatic heterocycles. The molecule has 4 N–H and O–H groups in total. The molecule has 8 heteroatoms. The fraction of sp³-hybridized carbons (Fsp3) is 0.588. The van der Waals surface area contributed by atoms with E-state index in [1.165, 1.54) is 12.8 Å². The van der Waals surface area contributed by atoms with Crippen molar-refractivity contribution in [2.45, 2.75) is 61.7 Å². The molecule has 3 fully saturated rings. The summed E-state index contributed by atoms with van der Waals surface area (Å²) in [5.74, 6) is 0.687. The van der Waals surface area contributed by atoms with Crippen molar-refractivity contribution in [2.24, 2.45) is 5.92 Å². The Morgan fingerprint density at radius 2 is 1.80 bits per heavy atom. The van der Waals surface area contributed by atoms with Crippen molar-refractivity contribution < 1.29 is 13.2 Å². The molecule has 2 aliphatic carbocycles. The third-order valence-electron chi connectivity index (χ3n) is 5.04. The van der Waals surface area contributed by atoms with E-state index in [9.17, 15) is 13.2 Å². The first-order chi connectivity index (χ1) is 12.0. The molecule has 0 radical (unpaired) electrons. The minimum atomic E-state index is -3.42. The molecule has 0 spiro atoms. The third kappa shape index (κ3) is 4.20. The monoisotopic (exact) mass is 364 g/mol. The summed E-state index contributed by atoms with van der Waals surface area (Å²) in [6, 6.07) is 6.96. The molecule has 1 aromatic carbocycles. The predicted molar refractivity (Wildman–Crippen MR) is 92.8 cm³/mol. The Labute approximate surface area is 148 Å². The van der Waals surface area contributed by atoms with Crippen LogP contribution in [0.5, 0.6) is 0 Å². The van der Waals surface area contributed by atoms with Gasteiger partial charge in [-0.25, -0.2) is 18.6 Å². The van der Waals surface area contributed by atoms with Gasteiger partial charge < -0.3 is 5.32 Å². The van der Waals surface area contributed by atoms with Gasteiger partial charge in [-0.05, 0) is 55.7 Å². The SMILES string of the molecule is O=C(NCc1ccc(S(=O)(=O)NC2CC2)cc1)C1CC(C2CC2)NN1. The van der Waals surface area contributed by atoms with Crippen molar-refractivity contribution in [1.82, 2.24) is 20.9 Å². The van der Waals surface area contributed by atoms with Crippen LogP contribution in [0.1, 0.15) is 37.7 Å². The van der Waals surface area contributed by atoms with Crippen LogP contribution in [0.2, 0.25) is 0 Å². The second-order valence-electron chi connectivity index (χ2n) is 7.28. The number of benzene rings is 1. The van der Waals surface area contributed by atoms with Crippen molar-refractivity contribution >= 4 is 15.9 Å². The second-order valence-corrected chi connectivity index (χ2v) is 8.99. The van der Waals surface area contributed by atoms with Gasteiger partial charge >= 0.3 is 0 Å². The van der Waals surface area contributed by atoms with E-state index >= 15 is 0 Å². The summed E-state index contributed by atoms with van der Waals surface area (Å²) < 4.78 is 26.9. The Morgan fingerprint density at radius 1 is 1.08 bits per heavy atom. The molecule has 4 rings (SSSR count). The lowest BCUT2D eigenvalue weighted by Gasteiger charge is -2.11. The molecule has 1 aromatic rings. The topological polar surface area (TPSA) is 99.3 Å². The maximum atomic E-state index is 12.2. The van der Waals surface area contributed by atoms with E-state index in [0.29, 0.717) is 18.5 Å². The molecule has 136 valence electrons. The number of carbonyl (C=O) groups is 1. The Bertz CT molecular complexity index is 742. The molecule has 2 unspecified atom stereocenters. The van der Waals surface area contributed by atoms with Gasteiger partial charge in [0, 0.05) is 18.6 Å². The summed E-state index contributed by atoms with van der Waals surface area (Å²) in [5, 5.41) is 2.91. The summed E-state index contributed by atoms with van der Waals surface area (Å²) in [5.41, 5.74) is 7.15. The van der Waals surface area contributed by atoms with Gasteiger partial charge in [-0.15, -0.1) is 0 Å². The summed E-state index contributed by atoms with van der Waals surface area (Å²) >= 11 is 0. The lowest BCUT2D eigenvalue weighted by Crippen LogP contribution is -2.43. The maximum Gasteiger partial charge on any atom is 0.240 e. The van der Waals surface area contributed by atoms with E-state index in [4.69, 9.17) is 0 Å². The largest absolute Gasteiger partial charge is 0.351 e. The second kappa shape index (κ2) is 6.68. The van der Waals surface area contributed by atoms with Gasteiger partial charge in [0.15, 0.2) is 0 Å². The average Bonchev–Trinajstić information content (AvgIpc) is 3.53. The van der Waals surface area contributed by atoms with Crippen LogP contribution >= 0.6 is 0 Å². The van der Waals surface area contributed by atoms with Crippen LogP contribution in [0.4, 0.5) is 0 Å². The number of hydrogen-bond acceptors (Lipinski definition) is 5. The number of amides is 1. The van der Waals surface area contributed by atoms with Crippen LogP contribution in [0, 0.1) is 5.92 Å². The lowest BCUT2D eigenvalue weighted by molar-refractivity contribution is -0.123. The highest BCUT2D eigenvalue weighted by molar-refractivity contribution is 7.89. The van der Waals surface area contributed by atoms with E-state index in [2.05, 4.69) is 20.9 Å². The van der Waals surface area contributed by atoms with E-state index in [-0.39, 0.29) is 22.9 Å². The van der Waals surface area contributed by atoms with Crippen LogP contribution in [0.3, 0.4) is 0 Å². The molecule has 1 aliphatic heterocycles. The smallest absolute Gasteiger partial charge is 0.240 e. The summed E-state index contributed by atoms with van der Waals surface area (Å²) in [7, 11) is -3.42. The first-order valence-corrected chi connectivity index (χ1v) is 10.4. The first-order valence-electron chi connectivity index (χ1n) is 8.91. The normalized spacial score (nSPS) is 26.6. The molecule has 3 aliphatic rings. The number of rotatable bonds is 7. The van der Waals surface area contributed by atoms with Crippen LogP contribution in [-0.2, 0) is 21.4 Å². The third-order valence-corrected chi connectivity index (χ3v) is 6.58. The van der Waals surface area contributed by atoms with Crippen LogP contribution in [0.25, 0.3) is 0 Å². The lowest BCUT2D eigenvalue weighted by atomic mass is 10.1. The van der Waals surface area contributed by atoms with Crippen LogP contribution in [-0.4, -0.2) is 32.5 Å². The zero-order chi connectivity index (χ0) is 17.4. The minimum absolute atomic E-state index is 0.0252. The Hall–Kier alpha value is -1.48. The fourth-order valence-electron chi connectivity index (χ4n) is 3.15. The van der Waals surface area contributed by atoms with Crippen LogP contribution in [0.15, 0.2) is 29.2 Å². The number of sulfonamides is 1. The summed E-state index contributed by atoms with van der Waals surface area (Å²) in [6.45, 7) is 0.390. The van der Waals surface area contributed by atoms with Gasteiger partial charge in [-0.2, -0.15) is 0 Å². The Morgan fingerprint density at radius 3 is 2.44 bits per heavy atom. The quantitative estimate of drug-likeness (QED) is 0.561. The van der Waals surface area contributed by atoms with Gasteiger partial charge in [0.2, 0.25) is 15.9 Å². The van der Waals surface area contributed by atoms with E-state index in [1.54, 1.807) is 24.3 Å². The first kappa shape index (κ1) is 17.0. The van der Waals surface area contributed by atoms with Crippen LogP contribution < -0.4 is 20.9 Å². The van der Waals surface area contributed by atoms with Crippen molar-refractivity contribution in [1.29, 1.82) is 0 Å². The fourth-order valence-corrected chi connectivity index (χ4v) is 4.45. The van der Waals surface area contributed by atoms with Gasteiger partial charge in [0.1, 0.15) is 6.04 Å². The van der Waals surface area contributed by atoms with Gasteiger partial charge in [0.05, 0.1) is 4.90 Å². The maximum absolute atomic E-state index is 12.2. The van der Waals surface area contributed by atoms with Crippen molar-refractivity contribution in [2.75, 3.05) is 0 Å². The van der Waals surface area contributed by atoms with E-state index in [0.717, 1.165) is 24.8 Å². The average molecular weight is 364 g/mol. The number of carbonyl (C=O) groups excluding carboxylic acids is 1. The molecule has 25 heavy (non-hydrogen) atoms. The van der Waals surface area contributed by atoms with Crippen molar-refractivity contribution in [3.63, 3.8) is 0 Å². The summed E-state index contributed by atoms with van der Waals surface area (Å²) in [4.78, 5) is 12.5. The van der Waals surface area contributed by atoms with Gasteiger partial charge in [0.25, 0.3) is 0 Å². The molecule has 2 saturated carbocycles. The zero-order valence-electron chi connectivity index (χ0n) is 14.0. The highest BCUT2D eigenvalue weighted by Crippen LogP contribution is 2.35.